The highest BCUT2D eigenvalue weighted by atomic mass is 16.3. The van der Waals surface area contributed by atoms with Gasteiger partial charge in [0.15, 0.2) is 0 Å². The predicted molar refractivity (Wildman–Crippen MR) is 67.8 cm³/mol. The maximum absolute atomic E-state index is 9.35. The molecule has 0 heterocycles. The van der Waals surface area contributed by atoms with Crippen molar-refractivity contribution in [3.8, 4) is 0 Å². The lowest BCUT2D eigenvalue weighted by Gasteiger charge is -2.33. The van der Waals surface area contributed by atoms with Gasteiger partial charge in [0.1, 0.15) is 0 Å². The van der Waals surface area contributed by atoms with Crippen LogP contribution < -0.4 is 0 Å². The minimum atomic E-state index is 0.298. The summed E-state index contributed by atoms with van der Waals surface area (Å²) in [5, 5.41) is 9.35. The van der Waals surface area contributed by atoms with E-state index in [0.717, 1.165) is 0 Å². The zero-order chi connectivity index (χ0) is 11.7. The average Bonchev–Trinajstić information content (AvgIpc) is 2.28. The zero-order valence-electron chi connectivity index (χ0n) is 10.5. The van der Waals surface area contributed by atoms with E-state index < -0.39 is 0 Å². The van der Waals surface area contributed by atoms with Gasteiger partial charge < -0.3 is 5.11 Å². The van der Waals surface area contributed by atoms with Crippen LogP contribution in [0.5, 0.6) is 0 Å². The first kappa shape index (κ1) is 11.7. The molecule has 0 bridgehead atoms. The summed E-state index contributed by atoms with van der Waals surface area (Å²) >= 11 is 0. The van der Waals surface area contributed by atoms with E-state index in [1.54, 1.807) is 0 Å². The van der Waals surface area contributed by atoms with Crippen molar-refractivity contribution in [1.29, 1.82) is 0 Å². The van der Waals surface area contributed by atoms with Crippen LogP contribution >= 0.6 is 0 Å². The Morgan fingerprint density at radius 1 is 1.31 bits per heavy atom. The van der Waals surface area contributed by atoms with Crippen LogP contribution in [0.1, 0.15) is 55.2 Å². The molecule has 0 aromatic heterocycles. The predicted octanol–water partition coefficient (Wildman–Crippen LogP) is 3.60. The molecule has 1 aliphatic rings. The molecular weight excluding hydrogens is 196 g/mol. The maximum Gasteiger partial charge on any atom is 0.0462 e. The summed E-state index contributed by atoms with van der Waals surface area (Å²) in [4.78, 5) is 0. The van der Waals surface area contributed by atoms with Crippen molar-refractivity contribution >= 4 is 0 Å². The molecule has 88 valence electrons. The van der Waals surface area contributed by atoms with Crippen LogP contribution in [0.4, 0.5) is 0 Å². The molecule has 0 aliphatic heterocycles. The molecule has 0 amide bonds. The Labute approximate surface area is 98.5 Å². The van der Waals surface area contributed by atoms with Crippen LogP contribution in [0.3, 0.4) is 0 Å². The number of aryl methyl sites for hydroxylation is 1. The molecule has 1 nitrogen and oxygen atoms in total. The molecule has 2 rings (SSSR count). The first-order chi connectivity index (χ1) is 7.63. The minimum Gasteiger partial charge on any atom is -0.396 e. The number of hydrogen-bond acceptors (Lipinski definition) is 1. The Balaban J connectivity index is 2.41. The lowest BCUT2D eigenvalue weighted by Crippen LogP contribution is -2.20. The van der Waals surface area contributed by atoms with Crippen LogP contribution in [0.25, 0.3) is 0 Å². The van der Waals surface area contributed by atoms with Crippen molar-refractivity contribution in [2.45, 2.75) is 45.4 Å². The van der Waals surface area contributed by atoms with Crippen LogP contribution in [0, 0.1) is 12.8 Å². The third-order valence-corrected chi connectivity index (χ3v) is 4.06. The number of rotatable bonds is 2. The van der Waals surface area contributed by atoms with Gasteiger partial charge in [-0.15, -0.1) is 0 Å². The monoisotopic (exact) mass is 218 g/mol. The van der Waals surface area contributed by atoms with Gasteiger partial charge in [-0.3, -0.25) is 0 Å². The van der Waals surface area contributed by atoms with Crippen molar-refractivity contribution < 1.29 is 5.11 Å². The van der Waals surface area contributed by atoms with Gasteiger partial charge in [0.25, 0.3) is 0 Å². The first-order valence-corrected chi connectivity index (χ1v) is 6.34. The fraction of sp³-hybridized carbons (Fsp3) is 0.600. The highest BCUT2D eigenvalue weighted by molar-refractivity contribution is 5.38. The van der Waals surface area contributed by atoms with Gasteiger partial charge in [0.2, 0.25) is 0 Å². The molecule has 0 fully saturated rings. The summed E-state index contributed by atoms with van der Waals surface area (Å²) in [6, 6.07) is 6.81. The lowest BCUT2D eigenvalue weighted by molar-refractivity contribution is 0.206. The van der Waals surface area contributed by atoms with Crippen LogP contribution in [0.15, 0.2) is 18.2 Å². The fourth-order valence-corrected chi connectivity index (χ4v) is 2.92. The number of aliphatic hydroxyl groups is 1. The van der Waals surface area contributed by atoms with Gasteiger partial charge in [0.05, 0.1) is 0 Å². The molecule has 0 saturated heterocycles. The Hall–Kier alpha value is -0.820. The smallest absolute Gasteiger partial charge is 0.0462 e. The van der Waals surface area contributed by atoms with E-state index in [0.29, 0.717) is 24.4 Å². The molecule has 0 saturated carbocycles. The van der Waals surface area contributed by atoms with Gasteiger partial charge in [-0.25, -0.2) is 0 Å². The Morgan fingerprint density at radius 3 is 2.75 bits per heavy atom. The summed E-state index contributed by atoms with van der Waals surface area (Å²) in [5.74, 6) is 1.61. The van der Waals surface area contributed by atoms with Gasteiger partial charge in [-0.05, 0) is 48.6 Å². The molecular formula is C15H22O. The van der Waals surface area contributed by atoms with Crippen molar-refractivity contribution in [1.82, 2.24) is 0 Å². The molecule has 3 atom stereocenters. The number of hydrogen-bond donors (Lipinski definition) is 1. The van der Waals surface area contributed by atoms with Crippen LogP contribution in [-0.4, -0.2) is 11.7 Å². The van der Waals surface area contributed by atoms with E-state index >= 15 is 0 Å². The molecule has 0 spiro atoms. The third kappa shape index (κ3) is 2.01. The molecule has 16 heavy (non-hydrogen) atoms. The Bertz CT molecular complexity index is 370. The maximum atomic E-state index is 9.35. The van der Waals surface area contributed by atoms with E-state index in [4.69, 9.17) is 0 Å². The first-order valence-electron chi connectivity index (χ1n) is 6.34. The highest BCUT2D eigenvalue weighted by Gasteiger charge is 2.28. The molecule has 0 radical (unpaired) electrons. The van der Waals surface area contributed by atoms with E-state index in [2.05, 4.69) is 39.0 Å². The van der Waals surface area contributed by atoms with Gasteiger partial charge >= 0.3 is 0 Å². The number of aliphatic hydroxyl groups excluding tert-OH is 1. The average molecular weight is 218 g/mol. The number of benzene rings is 1. The quantitative estimate of drug-likeness (QED) is 0.804. The summed E-state index contributed by atoms with van der Waals surface area (Å²) in [6.45, 7) is 6.92. The topological polar surface area (TPSA) is 20.2 Å². The second-order valence-corrected chi connectivity index (χ2v) is 5.38. The van der Waals surface area contributed by atoms with Gasteiger partial charge in [-0.1, -0.05) is 37.6 Å². The zero-order valence-corrected chi connectivity index (χ0v) is 10.5. The summed E-state index contributed by atoms with van der Waals surface area (Å²) < 4.78 is 0. The highest BCUT2D eigenvalue weighted by Crippen LogP contribution is 2.42. The largest absolute Gasteiger partial charge is 0.396 e. The van der Waals surface area contributed by atoms with E-state index in [1.165, 1.54) is 29.5 Å². The Morgan fingerprint density at radius 2 is 2.06 bits per heavy atom. The standard InChI is InChI=1S/C15H22O/c1-10-4-6-13-11(2)5-7-14(12(3)9-16)15(13)8-10/h4,6,8,11-12,14,16H,5,7,9H2,1-3H3. The SMILES string of the molecule is Cc1ccc2c(c1)C(C(C)CO)CCC2C. The lowest BCUT2D eigenvalue weighted by atomic mass is 9.72. The van der Waals surface area contributed by atoms with Crippen molar-refractivity contribution in [3.63, 3.8) is 0 Å². The second kappa shape index (κ2) is 4.58. The molecule has 1 N–H and O–H groups in total. The molecule has 1 aliphatic carbocycles. The van der Waals surface area contributed by atoms with Gasteiger partial charge in [0, 0.05) is 6.61 Å². The molecule has 1 aromatic rings. The normalized spacial score (nSPS) is 26.2. The van der Waals surface area contributed by atoms with Crippen LogP contribution in [-0.2, 0) is 0 Å². The van der Waals surface area contributed by atoms with Crippen molar-refractivity contribution in [2.24, 2.45) is 5.92 Å². The third-order valence-electron chi connectivity index (χ3n) is 4.06. The Kier molecular flexibility index (Phi) is 3.34. The fourth-order valence-electron chi connectivity index (χ4n) is 2.92. The van der Waals surface area contributed by atoms with E-state index in [-0.39, 0.29) is 0 Å². The number of fused-ring (bicyclic) bond motifs is 1. The molecule has 3 unspecified atom stereocenters. The van der Waals surface area contributed by atoms with Gasteiger partial charge in [-0.2, -0.15) is 0 Å². The minimum absolute atomic E-state index is 0.298. The van der Waals surface area contributed by atoms with E-state index in [9.17, 15) is 5.11 Å². The summed E-state index contributed by atoms with van der Waals surface area (Å²) in [6.07, 6.45) is 2.48. The van der Waals surface area contributed by atoms with Crippen molar-refractivity contribution in [3.05, 3.63) is 34.9 Å². The summed E-state index contributed by atoms with van der Waals surface area (Å²) in [7, 11) is 0. The van der Waals surface area contributed by atoms with E-state index in [1.807, 2.05) is 0 Å². The van der Waals surface area contributed by atoms with Crippen LogP contribution in [0.2, 0.25) is 0 Å². The molecule has 1 heteroatoms. The second-order valence-electron chi connectivity index (χ2n) is 5.38. The van der Waals surface area contributed by atoms with Crippen molar-refractivity contribution in [2.75, 3.05) is 6.61 Å². The molecule has 1 aromatic carbocycles. The summed E-state index contributed by atoms with van der Waals surface area (Å²) in [5.41, 5.74) is 4.32.